The van der Waals surface area contributed by atoms with Gasteiger partial charge in [0.15, 0.2) is 0 Å². The fourth-order valence-corrected chi connectivity index (χ4v) is 3.54. The van der Waals surface area contributed by atoms with Crippen LogP contribution in [0.3, 0.4) is 0 Å². The number of nitrogens with zero attached hydrogens (tertiary/aromatic N) is 4. The van der Waals surface area contributed by atoms with Crippen molar-refractivity contribution in [3.8, 4) is 0 Å². The van der Waals surface area contributed by atoms with E-state index in [1.54, 1.807) is 23.0 Å². The van der Waals surface area contributed by atoms with Crippen LogP contribution in [0.4, 0.5) is 5.69 Å². The van der Waals surface area contributed by atoms with Gasteiger partial charge in [0.25, 0.3) is 11.2 Å². The highest BCUT2D eigenvalue weighted by atomic mass is 16.6. The van der Waals surface area contributed by atoms with Crippen molar-refractivity contribution in [3.63, 3.8) is 0 Å². The molecule has 0 saturated heterocycles. The molecule has 0 aliphatic carbocycles. The SMILES string of the molecule is CN(C)CCCn1c(=O)c2cc([N+](=O)[O-])ccc2c2cnc3[nH]ccc3c21. The lowest BCUT2D eigenvalue weighted by molar-refractivity contribution is -0.384. The first-order chi connectivity index (χ1) is 13.0. The summed E-state index contributed by atoms with van der Waals surface area (Å²) >= 11 is 0. The van der Waals surface area contributed by atoms with Gasteiger partial charge in [0.2, 0.25) is 0 Å². The number of rotatable bonds is 5. The van der Waals surface area contributed by atoms with Gasteiger partial charge in [-0.3, -0.25) is 14.9 Å². The van der Waals surface area contributed by atoms with E-state index in [-0.39, 0.29) is 11.2 Å². The number of nitro groups is 1. The second-order valence-electron chi connectivity index (χ2n) is 6.86. The molecule has 0 saturated carbocycles. The molecule has 0 spiro atoms. The zero-order chi connectivity index (χ0) is 19.1. The second kappa shape index (κ2) is 6.48. The summed E-state index contributed by atoms with van der Waals surface area (Å²) in [4.78, 5) is 33.5. The highest BCUT2D eigenvalue weighted by Gasteiger charge is 2.17. The van der Waals surface area contributed by atoms with Crippen molar-refractivity contribution < 1.29 is 4.92 Å². The molecule has 8 heteroatoms. The fourth-order valence-electron chi connectivity index (χ4n) is 3.54. The average Bonchev–Trinajstić information content (AvgIpc) is 3.12. The summed E-state index contributed by atoms with van der Waals surface area (Å²) in [6, 6.07) is 6.34. The van der Waals surface area contributed by atoms with Gasteiger partial charge in [0, 0.05) is 41.8 Å². The average molecular weight is 365 g/mol. The van der Waals surface area contributed by atoms with Crippen LogP contribution >= 0.6 is 0 Å². The first-order valence-electron chi connectivity index (χ1n) is 8.69. The highest BCUT2D eigenvalue weighted by molar-refractivity contribution is 6.13. The van der Waals surface area contributed by atoms with Gasteiger partial charge in [-0.25, -0.2) is 4.98 Å². The maximum atomic E-state index is 13.3. The van der Waals surface area contributed by atoms with Gasteiger partial charge in [-0.2, -0.15) is 0 Å². The number of pyridine rings is 2. The van der Waals surface area contributed by atoms with Crippen molar-refractivity contribution in [2.75, 3.05) is 20.6 Å². The molecule has 0 atom stereocenters. The third-order valence-corrected chi connectivity index (χ3v) is 4.79. The maximum absolute atomic E-state index is 13.3. The molecule has 0 aliphatic rings. The molecule has 0 amide bonds. The van der Waals surface area contributed by atoms with Crippen LogP contribution in [-0.4, -0.2) is 45.0 Å². The summed E-state index contributed by atoms with van der Waals surface area (Å²) in [6.07, 6.45) is 4.31. The molecule has 4 aromatic rings. The van der Waals surface area contributed by atoms with Crippen LogP contribution < -0.4 is 5.56 Å². The van der Waals surface area contributed by atoms with Crippen molar-refractivity contribution in [1.29, 1.82) is 0 Å². The number of aromatic nitrogens is 3. The van der Waals surface area contributed by atoms with Crippen molar-refractivity contribution in [2.24, 2.45) is 0 Å². The molecule has 3 aromatic heterocycles. The van der Waals surface area contributed by atoms with Crippen LogP contribution in [0.1, 0.15) is 6.42 Å². The number of hydrogen-bond acceptors (Lipinski definition) is 5. The van der Waals surface area contributed by atoms with Crippen molar-refractivity contribution in [3.05, 3.63) is 57.1 Å². The topological polar surface area (TPSA) is 97.1 Å². The van der Waals surface area contributed by atoms with Gasteiger partial charge in [-0.1, -0.05) is 0 Å². The zero-order valence-electron chi connectivity index (χ0n) is 15.1. The third-order valence-electron chi connectivity index (χ3n) is 4.79. The quantitative estimate of drug-likeness (QED) is 0.333. The Balaban J connectivity index is 2.07. The van der Waals surface area contributed by atoms with Crippen LogP contribution in [0.25, 0.3) is 32.7 Å². The van der Waals surface area contributed by atoms with E-state index in [1.165, 1.54) is 12.1 Å². The monoisotopic (exact) mass is 365 g/mol. The summed E-state index contributed by atoms with van der Waals surface area (Å²) in [7, 11) is 3.97. The molecule has 0 fully saturated rings. The molecule has 1 N–H and O–H groups in total. The normalized spacial score (nSPS) is 11.8. The van der Waals surface area contributed by atoms with E-state index in [0.717, 1.165) is 29.3 Å². The summed E-state index contributed by atoms with van der Waals surface area (Å²) in [5.74, 6) is 0. The number of nitrogens with one attached hydrogen (secondary N) is 1. The number of hydrogen-bond donors (Lipinski definition) is 1. The van der Waals surface area contributed by atoms with Gasteiger partial charge in [-0.15, -0.1) is 0 Å². The predicted octanol–water partition coefficient (Wildman–Crippen LogP) is 2.89. The lowest BCUT2D eigenvalue weighted by atomic mass is 10.1. The second-order valence-corrected chi connectivity index (χ2v) is 6.86. The standard InChI is InChI=1S/C19H19N5O3/c1-22(2)8-3-9-23-17-14-6-7-20-18(14)21-11-16(17)13-5-4-12(24(26)27)10-15(13)19(23)25/h4-7,10-11H,3,8-9H2,1-2H3,(H,20,21). The van der Waals surface area contributed by atoms with Gasteiger partial charge < -0.3 is 14.5 Å². The van der Waals surface area contributed by atoms with Crippen LogP contribution in [0, 0.1) is 10.1 Å². The number of non-ortho nitro benzene ring substituents is 1. The van der Waals surface area contributed by atoms with E-state index in [4.69, 9.17) is 0 Å². The van der Waals surface area contributed by atoms with Crippen LogP contribution in [0.15, 0.2) is 41.5 Å². The Labute approximate surface area is 154 Å². The Bertz CT molecular complexity index is 1240. The highest BCUT2D eigenvalue weighted by Crippen LogP contribution is 2.29. The number of H-pyrrole nitrogens is 1. The van der Waals surface area contributed by atoms with Gasteiger partial charge in [0.1, 0.15) is 5.65 Å². The smallest absolute Gasteiger partial charge is 0.270 e. The molecule has 138 valence electrons. The Morgan fingerprint density at radius 1 is 1.19 bits per heavy atom. The molecule has 27 heavy (non-hydrogen) atoms. The van der Waals surface area contributed by atoms with Crippen LogP contribution in [0.2, 0.25) is 0 Å². The van der Waals surface area contributed by atoms with Crippen molar-refractivity contribution >= 4 is 38.4 Å². The minimum Gasteiger partial charge on any atom is -0.346 e. The summed E-state index contributed by atoms with van der Waals surface area (Å²) < 4.78 is 1.72. The Morgan fingerprint density at radius 3 is 2.74 bits per heavy atom. The van der Waals surface area contributed by atoms with Gasteiger partial charge in [0.05, 0.1) is 15.8 Å². The molecule has 1 aromatic carbocycles. The van der Waals surface area contributed by atoms with E-state index >= 15 is 0 Å². The lowest BCUT2D eigenvalue weighted by Gasteiger charge is -2.15. The van der Waals surface area contributed by atoms with Gasteiger partial charge >= 0.3 is 0 Å². The van der Waals surface area contributed by atoms with Crippen molar-refractivity contribution in [2.45, 2.75) is 13.0 Å². The molecule has 3 heterocycles. The largest absolute Gasteiger partial charge is 0.346 e. The number of aryl methyl sites for hydroxylation is 1. The molecule has 4 rings (SSSR count). The molecular weight excluding hydrogens is 346 g/mol. The number of nitro benzene ring substituents is 1. The lowest BCUT2D eigenvalue weighted by Crippen LogP contribution is -2.24. The number of aromatic amines is 1. The summed E-state index contributed by atoms with van der Waals surface area (Å²) in [5.41, 5.74) is 1.22. The number of fused-ring (bicyclic) bond motifs is 5. The Kier molecular flexibility index (Phi) is 4.12. The van der Waals surface area contributed by atoms with E-state index in [0.29, 0.717) is 23.0 Å². The molecule has 0 unspecified atom stereocenters. The Hall–Kier alpha value is -3.26. The summed E-state index contributed by atoms with van der Waals surface area (Å²) in [6.45, 7) is 1.36. The minimum absolute atomic E-state index is 0.0885. The first kappa shape index (κ1) is 17.2. The zero-order valence-corrected chi connectivity index (χ0v) is 15.1. The van der Waals surface area contributed by atoms with E-state index in [2.05, 4.69) is 14.9 Å². The van der Waals surface area contributed by atoms with Gasteiger partial charge in [-0.05, 0) is 44.6 Å². The van der Waals surface area contributed by atoms with E-state index < -0.39 is 4.92 Å². The predicted molar refractivity (Wildman–Crippen MR) is 105 cm³/mol. The van der Waals surface area contributed by atoms with Crippen LogP contribution in [0.5, 0.6) is 0 Å². The maximum Gasteiger partial charge on any atom is 0.270 e. The van der Waals surface area contributed by atoms with E-state index in [1.807, 2.05) is 20.2 Å². The fraction of sp³-hybridized carbons (Fsp3) is 0.263. The molecule has 0 bridgehead atoms. The summed E-state index contributed by atoms with van der Waals surface area (Å²) in [5, 5.41) is 13.9. The van der Waals surface area contributed by atoms with E-state index in [9.17, 15) is 14.9 Å². The Morgan fingerprint density at radius 2 is 2.00 bits per heavy atom. The van der Waals surface area contributed by atoms with Crippen LogP contribution in [-0.2, 0) is 6.54 Å². The molecule has 0 aliphatic heterocycles. The molecule has 8 nitrogen and oxygen atoms in total. The molecule has 0 radical (unpaired) electrons. The van der Waals surface area contributed by atoms with Crippen molar-refractivity contribution in [1.82, 2.24) is 19.4 Å². The number of benzene rings is 1. The first-order valence-corrected chi connectivity index (χ1v) is 8.69. The minimum atomic E-state index is -0.479. The molecular formula is C19H19N5O3. The third kappa shape index (κ3) is 2.83.